The number of hydrogen-bond donors (Lipinski definition) is 2. The van der Waals surface area contributed by atoms with Crippen LogP contribution in [0, 0.1) is 17.2 Å². The molecule has 0 aliphatic carbocycles. The molecule has 0 amide bonds. The number of carboxylic acids is 1. The van der Waals surface area contributed by atoms with Crippen LogP contribution >= 0.6 is 0 Å². The molecule has 1 heterocycles. The first kappa shape index (κ1) is 13.0. The Bertz CT molecular complexity index is 438. The summed E-state index contributed by atoms with van der Waals surface area (Å²) in [7, 11) is 0. The maximum Gasteiger partial charge on any atom is 0.326 e. The standard InChI is InChI=1S/C12H15N3O2/c1-8(2)5-10(12(16)17)15-11-6-9(7-13)3-4-14-11/h3-4,6,8,10H,5H2,1-2H3,(H,14,15)(H,16,17)/t10-/m1/s1. The fourth-order valence-corrected chi connectivity index (χ4v) is 1.45. The van der Waals surface area contributed by atoms with E-state index in [-0.39, 0.29) is 5.92 Å². The van der Waals surface area contributed by atoms with Crippen LogP contribution in [0.1, 0.15) is 25.8 Å². The summed E-state index contributed by atoms with van der Waals surface area (Å²) in [6, 6.07) is 4.41. The van der Waals surface area contributed by atoms with Crippen molar-refractivity contribution in [1.29, 1.82) is 5.26 Å². The van der Waals surface area contributed by atoms with Crippen molar-refractivity contribution in [3.8, 4) is 6.07 Å². The number of pyridine rings is 1. The number of hydrogen-bond acceptors (Lipinski definition) is 4. The molecule has 17 heavy (non-hydrogen) atoms. The highest BCUT2D eigenvalue weighted by Gasteiger charge is 2.18. The average Bonchev–Trinajstić information content (AvgIpc) is 2.27. The van der Waals surface area contributed by atoms with Gasteiger partial charge in [0.05, 0.1) is 11.6 Å². The molecule has 0 aliphatic heterocycles. The van der Waals surface area contributed by atoms with E-state index in [0.29, 0.717) is 17.8 Å². The van der Waals surface area contributed by atoms with Gasteiger partial charge in [-0.2, -0.15) is 5.26 Å². The number of nitrogens with one attached hydrogen (secondary N) is 1. The second-order valence-corrected chi connectivity index (χ2v) is 4.21. The molecule has 2 N–H and O–H groups in total. The molecule has 0 bridgehead atoms. The van der Waals surface area contributed by atoms with Gasteiger partial charge in [0.1, 0.15) is 11.9 Å². The number of anilines is 1. The Kier molecular flexibility index (Phi) is 4.46. The van der Waals surface area contributed by atoms with Gasteiger partial charge in [0.2, 0.25) is 0 Å². The van der Waals surface area contributed by atoms with Crippen molar-refractivity contribution < 1.29 is 9.90 Å². The van der Waals surface area contributed by atoms with E-state index in [1.165, 1.54) is 12.3 Å². The minimum Gasteiger partial charge on any atom is -0.480 e. The van der Waals surface area contributed by atoms with Gasteiger partial charge in [-0.25, -0.2) is 9.78 Å². The number of rotatable bonds is 5. The number of nitrogens with zero attached hydrogens (tertiary/aromatic N) is 2. The first-order valence-electron chi connectivity index (χ1n) is 5.38. The summed E-state index contributed by atoms with van der Waals surface area (Å²) in [5.41, 5.74) is 0.455. The van der Waals surface area contributed by atoms with Crippen LogP contribution in [-0.4, -0.2) is 22.1 Å². The third-order valence-electron chi connectivity index (χ3n) is 2.22. The van der Waals surface area contributed by atoms with E-state index in [1.807, 2.05) is 19.9 Å². The van der Waals surface area contributed by atoms with Crippen molar-refractivity contribution in [1.82, 2.24) is 4.98 Å². The molecule has 0 saturated carbocycles. The second-order valence-electron chi connectivity index (χ2n) is 4.21. The normalized spacial score (nSPS) is 11.9. The SMILES string of the molecule is CC(C)C[C@@H](Nc1cc(C#N)ccn1)C(=O)O. The van der Waals surface area contributed by atoms with E-state index in [1.54, 1.807) is 6.07 Å². The number of aliphatic carboxylic acids is 1. The lowest BCUT2D eigenvalue weighted by Gasteiger charge is -2.16. The largest absolute Gasteiger partial charge is 0.480 e. The quantitative estimate of drug-likeness (QED) is 0.810. The molecular weight excluding hydrogens is 218 g/mol. The predicted molar refractivity (Wildman–Crippen MR) is 63.5 cm³/mol. The lowest BCUT2D eigenvalue weighted by molar-refractivity contribution is -0.138. The smallest absolute Gasteiger partial charge is 0.326 e. The van der Waals surface area contributed by atoms with Crippen molar-refractivity contribution >= 4 is 11.8 Å². The number of carboxylic acid groups (broad SMARTS) is 1. The monoisotopic (exact) mass is 233 g/mol. The third-order valence-corrected chi connectivity index (χ3v) is 2.22. The summed E-state index contributed by atoms with van der Waals surface area (Å²) in [6.07, 6.45) is 1.99. The van der Waals surface area contributed by atoms with E-state index >= 15 is 0 Å². The van der Waals surface area contributed by atoms with Crippen molar-refractivity contribution in [2.75, 3.05) is 5.32 Å². The average molecular weight is 233 g/mol. The first-order valence-corrected chi connectivity index (χ1v) is 5.38. The van der Waals surface area contributed by atoms with Crippen LogP contribution in [-0.2, 0) is 4.79 Å². The van der Waals surface area contributed by atoms with Gasteiger partial charge in [-0.3, -0.25) is 0 Å². The second kappa shape index (κ2) is 5.85. The lowest BCUT2D eigenvalue weighted by atomic mass is 10.0. The molecule has 90 valence electrons. The topological polar surface area (TPSA) is 86.0 Å². The Morgan fingerprint density at radius 1 is 1.65 bits per heavy atom. The van der Waals surface area contributed by atoms with E-state index in [9.17, 15) is 4.79 Å². The number of nitriles is 1. The number of carbonyl (C=O) groups is 1. The molecular formula is C12H15N3O2. The Morgan fingerprint density at radius 2 is 2.35 bits per heavy atom. The van der Waals surface area contributed by atoms with Crippen LogP contribution in [0.25, 0.3) is 0 Å². The fourth-order valence-electron chi connectivity index (χ4n) is 1.45. The minimum atomic E-state index is -0.914. The molecule has 0 fully saturated rings. The van der Waals surface area contributed by atoms with E-state index in [0.717, 1.165) is 0 Å². The summed E-state index contributed by atoms with van der Waals surface area (Å²) in [5.74, 6) is -0.234. The molecule has 1 rings (SSSR count). The molecule has 0 aliphatic rings. The Morgan fingerprint density at radius 3 is 2.88 bits per heavy atom. The summed E-state index contributed by atoms with van der Waals surface area (Å²) in [4.78, 5) is 15.0. The fraction of sp³-hybridized carbons (Fsp3) is 0.417. The lowest BCUT2D eigenvalue weighted by Crippen LogP contribution is -2.31. The zero-order valence-electron chi connectivity index (χ0n) is 9.84. The maximum absolute atomic E-state index is 11.0. The molecule has 5 heteroatoms. The van der Waals surface area contributed by atoms with Gasteiger partial charge >= 0.3 is 5.97 Å². The molecule has 0 spiro atoms. The van der Waals surface area contributed by atoms with Crippen LogP contribution in [0.4, 0.5) is 5.82 Å². The van der Waals surface area contributed by atoms with Crippen molar-refractivity contribution in [3.63, 3.8) is 0 Å². The Balaban J connectivity index is 2.79. The van der Waals surface area contributed by atoms with Crippen LogP contribution in [0.15, 0.2) is 18.3 Å². The molecule has 1 atom stereocenters. The van der Waals surface area contributed by atoms with E-state index < -0.39 is 12.0 Å². The van der Waals surface area contributed by atoms with Crippen LogP contribution < -0.4 is 5.32 Å². The molecule has 5 nitrogen and oxygen atoms in total. The maximum atomic E-state index is 11.0. The van der Waals surface area contributed by atoms with Gasteiger partial charge in [-0.1, -0.05) is 13.8 Å². The molecule has 0 unspecified atom stereocenters. The highest BCUT2D eigenvalue weighted by molar-refractivity contribution is 5.76. The Labute approximate surface area is 100 Å². The third kappa shape index (κ3) is 4.11. The summed E-state index contributed by atoms with van der Waals surface area (Å²) >= 11 is 0. The van der Waals surface area contributed by atoms with Crippen molar-refractivity contribution in [2.45, 2.75) is 26.3 Å². The zero-order chi connectivity index (χ0) is 12.8. The van der Waals surface area contributed by atoms with E-state index in [4.69, 9.17) is 10.4 Å². The minimum absolute atomic E-state index is 0.266. The highest BCUT2D eigenvalue weighted by Crippen LogP contribution is 2.12. The Hall–Kier alpha value is -2.09. The van der Waals surface area contributed by atoms with Gasteiger partial charge in [0, 0.05) is 6.20 Å². The van der Waals surface area contributed by atoms with Crippen molar-refractivity contribution in [2.24, 2.45) is 5.92 Å². The van der Waals surface area contributed by atoms with E-state index in [2.05, 4.69) is 10.3 Å². The molecule has 0 radical (unpaired) electrons. The first-order chi connectivity index (χ1) is 8.02. The number of aromatic nitrogens is 1. The summed E-state index contributed by atoms with van der Waals surface area (Å²) in [6.45, 7) is 3.91. The zero-order valence-corrected chi connectivity index (χ0v) is 9.84. The molecule has 0 aromatic carbocycles. The highest BCUT2D eigenvalue weighted by atomic mass is 16.4. The van der Waals surface area contributed by atoms with Gasteiger partial charge < -0.3 is 10.4 Å². The molecule has 0 saturated heterocycles. The summed E-state index contributed by atoms with van der Waals surface area (Å²) < 4.78 is 0. The van der Waals surface area contributed by atoms with Gasteiger partial charge in [-0.05, 0) is 24.5 Å². The van der Waals surface area contributed by atoms with Gasteiger partial charge in [-0.15, -0.1) is 0 Å². The molecule has 1 aromatic heterocycles. The van der Waals surface area contributed by atoms with Crippen LogP contribution in [0.2, 0.25) is 0 Å². The van der Waals surface area contributed by atoms with Crippen LogP contribution in [0.3, 0.4) is 0 Å². The summed E-state index contributed by atoms with van der Waals surface area (Å²) in [5, 5.41) is 20.6. The predicted octanol–water partition coefficient (Wildman–Crippen LogP) is 1.86. The van der Waals surface area contributed by atoms with Gasteiger partial charge in [0.25, 0.3) is 0 Å². The van der Waals surface area contributed by atoms with Crippen molar-refractivity contribution in [3.05, 3.63) is 23.9 Å². The molecule has 1 aromatic rings. The van der Waals surface area contributed by atoms with Crippen LogP contribution in [0.5, 0.6) is 0 Å². The van der Waals surface area contributed by atoms with Gasteiger partial charge in [0.15, 0.2) is 0 Å².